The molecule has 1 aliphatic rings. The number of likely N-dealkylation sites (N-methyl/N-ethyl adjacent to an activating group) is 1. The minimum absolute atomic E-state index is 0.220. The first-order valence-electron chi connectivity index (χ1n) is 9.09. The van der Waals surface area contributed by atoms with Gasteiger partial charge in [-0.05, 0) is 37.4 Å². The lowest BCUT2D eigenvalue weighted by Gasteiger charge is -2.35. The van der Waals surface area contributed by atoms with E-state index in [0.717, 1.165) is 31.9 Å². The third-order valence-corrected chi connectivity index (χ3v) is 5.06. The Bertz CT molecular complexity index is 949. The van der Waals surface area contributed by atoms with Crippen LogP contribution in [-0.4, -0.2) is 58.6 Å². The molecule has 28 heavy (non-hydrogen) atoms. The van der Waals surface area contributed by atoms with Crippen LogP contribution in [0.15, 0.2) is 55.2 Å². The van der Waals surface area contributed by atoms with Crippen LogP contribution in [0.1, 0.15) is 10.4 Å². The first-order chi connectivity index (χ1) is 13.6. The summed E-state index contributed by atoms with van der Waals surface area (Å²) < 4.78 is 1.78. The molecule has 0 saturated carbocycles. The number of nitrogens with one attached hydrogen (secondary N) is 1. The maximum Gasteiger partial charge on any atom is 0.257 e. The van der Waals surface area contributed by atoms with E-state index in [-0.39, 0.29) is 5.91 Å². The standard InChI is InChI=1S/C20H21ClN6O/c1-25-8-10-26(11-9-25)18-4-3-16(21)12-17(18)24-20(28)15-2-5-19(23-13-15)27-7-6-22-14-27/h2-7,12-14H,8-11H2,1H3,(H,24,28). The first-order valence-corrected chi connectivity index (χ1v) is 9.47. The van der Waals surface area contributed by atoms with Crippen LogP contribution in [0.5, 0.6) is 0 Å². The Kier molecular flexibility index (Phi) is 5.27. The Hall–Kier alpha value is -2.90. The Morgan fingerprint density at radius 2 is 1.96 bits per heavy atom. The van der Waals surface area contributed by atoms with Crippen molar-refractivity contribution in [1.82, 2.24) is 19.4 Å². The average molecular weight is 397 g/mol. The molecule has 1 aromatic carbocycles. The van der Waals surface area contributed by atoms with Crippen molar-refractivity contribution >= 4 is 28.9 Å². The van der Waals surface area contributed by atoms with Gasteiger partial charge in [-0.2, -0.15) is 0 Å². The number of nitrogens with zero attached hydrogens (tertiary/aromatic N) is 5. The van der Waals surface area contributed by atoms with Crippen LogP contribution in [-0.2, 0) is 0 Å². The number of halogens is 1. The highest BCUT2D eigenvalue weighted by atomic mass is 35.5. The molecule has 3 heterocycles. The van der Waals surface area contributed by atoms with E-state index < -0.39 is 0 Å². The monoisotopic (exact) mass is 396 g/mol. The smallest absolute Gasteiger partial charge is 0.257 e. The van der Waals surface area contributed by atoms with E-state index in [2.05, 4.69) is 32.1 Å². The molecule has 1 saturated heterocycles. The van der Waals surface area contributed by atoms with E-state index in [4.69, 9.17) is 11.6 Å². The predicted octanol–water partition coefficient (Wildman–Crippen LogP) is 2.92. The number of piperazine rings is 1. The zero-order valence-corrected chi connectivity index (χ0v) is 16.3. The molecule has 7 nitrogen and oxygen atoms in total. The molecule has 8 heteroatoms. The fourth-order valence-corrected chi connectivity index (χ4v) is 3.37. The van der Waals surface area contributed by atoms with E-state index in [1.165, 1.54) is 0 Å². The summed E-state index contributed by atoms with van der Waals surface area (Å²) in [6, 6.07) is 9.14. The lowest BCUT2D eigenvalue weighted by Crippen LogP contribution is -2.44. The number of hydrogen-bond acceptors (Lipinski definition) is 5. The Balaban J connectivity index is 1.53. The number of benzene rings is 1. The van der Waals surface area contributed by atoms with Crippen molar-refractivity contribution in [3.05, 3.63) is 65.8 Å². The zero-order valence-electron chi connectivity index (χ0n) is 15.5. The van der Waals surface area contributed by atoms with Crippen LogP contribution in [0.4, 0.5) is 11.4 Å². The molecule has 144 valence electrons. The molecule has 1 aliphatic heterocycles. The van der Waals surface area contributed by atoms with Crippen molar-refractivity contribution in [2.24, 2.45) is 0 Å². The maximum absolute atomic E-state index is 12.8. The summed E-state index contributed by atoms with van der Waals surface area (Å²) in [6.07, 6.45) is 6.71. The summed E-state index contributed by atoms with van der Waals surface area (Å²) in [5.41, 5.74) is 2.17. The van der Waals surface area contributed by atoms with Crippen LogP contribution in [0, 0.1) is 0 Å². The van der Waals surface area contributed by atoms with Gasteiger partial charge in [0.05, 0.1) is 16.9 Å². The van der Waals surface area contributed by atoms with Gasteiger partial charge in [-0.15, -0.1) is 0 Å². The largest absolute Gasteiger partial charge is 0.367 e. The van der Waals surface area contributed by atoms with Crippen LogP contribution in [0.2, 0.25) is 5.02 Å². The molecule has 1 amide bonds. The Morgan fingerprint density at radius 3 is 2.64 bits per heavy atom. The predicted molar refractivity (Wildman–Crippen MR) is 110 cm³/mol. The summed E-state index contributed by atoms with van der Waals surface area (Å²) >= 11 is 6.19. The van der Waals surface area contributed by atoms with Crippen molar-refractivity contribution in [2.45, 2.75) is 0 Å². The summed E-state index contributed by atoms with van der Waals surface area (Å²) in [4.78, 5) is 25.7. The van der Waals surface area contributed by atoms with E-state index in [9.17, 15) is 4.79 Å². The summed E-state index contributed by atoms with van der Waals surface area (Å²) in [7, 11) is 2.11. The number of aromatic nitrogens is 3. The molecule has 0 radical (unpaired) electrons. The molecule has 4 rings (SSSR count). The summed E-state index contributed by atoms with van der Waals surface area (Å²) in [5.74, 6) is 0.484. The number of hydrogen-bond donors (Lipinski definition) is 1. The molecule has 1 N–H and O–H groups in total. The molecule has 0 aliphatic carbocycles. The van der Waals surface area contributed by atoms with Gasteiger partial charge in [0.25, 0.3) is 5.91 Å². The number of pyridine rings is 1. The van der Waals surface area contributed by atoms with Crippen LogP contribution >= 0.6 is 11.6 Å². The molecule has 0 unspecified atom stereocenters. The second-order valence-electron chi connectivity index (χ2n) is 6.78. The number of imidazole rings is 1. The summed E-state index contributed by atoms with van der Waals surface area (Å²) in [6.45, 7) is 3.77. The van der Waals surface area contributed by atoms with Crippen molar-refractivity contribution in [2.75, 3.05) is 43.4 Å². The van der Waals surface area contributed by atoms with Gasteiger partial charge in [0, 0.05) is 49.8 Å². The minimum atomic E-state index is -0.220. The molecular formula is C20H21ClN6O. The molecule has 0 spiro atoms. The third-order valence-electron chi connectivity index (χ3n) is 4.83. The van der Waals surface area contributed by atoms with Gasteiger partial charge in [0.1, 0.15) is 12.1 Å². The van der Waals surface area contributed by atoms with E-state index in [0.29, 0.717) is 22.1 Å². The second kappa shape index (κ2) is 8.00. The van der Waals surface area contributed by atoms with Gasteiger partial charge < -0.3 is 15.1 Å². The lowest BCUT2D eigenvalue weighted by molar-refractivity contribution is 0.102. The highest BCUT2D eigenvalue weighted by Gasteiger charge is 2.19. The van der Waals surface area contributed by atoms with E-state index in [1.54, 1.807) is 47.7 Å². The van der Waals surface area contributed by atoms with Gasteiger partial charge in [-0.25, -0.2) is 9.97 Å². The van der Waals surface area contributed by atoms with E-state index in [1.807, 2.05) is 12.1 Å². The minimum Gasteiger partial charge on any atom is -0.367 e. The SMILES string of the molecule is CN1CCN(c2ccc(Cl)cc2NC(=O)c2ccc(-n3ccnc3)nc2)CC1. The molecular weight excluding hydrogens is 376 g/mol. The van der Waals surface area contributed by atoms with Gasteiger partial charge in [-0.1, -0.05) is 11.6 Å². The van der Waals surface area contributed by atoms with Crippen LogP contribution < -0.4 is 10.2 Å². The van der Waals surface area contributed by atoms with Crippen molar-refractivity contribution < 1.29 is 4.79 Å². The van der Waals surface area contributed by atoms with Crippen molar-refractivity contribution in [3.63, 3.8) is 0 Å². The molecule has 3 aromatic rings. The van der Waals surface area contributed by atoms with Crippen molar-refractivity contribution in [1.29, 1.82) is 0 Å². The molecule has 2 aromatic heterocycles. The fraction of sp³-hybridized carbons (Fsp3) is 0.250. The third kappa shape index (κ3) is 4.00. The van der Waals surface area contributed by atoms with Crippen LogP contribution in [0.25, 0.3) is 5.82 Å². The first kappa shape index (κ1) is 18.5. The topological polar surface area (TPSA) is 66.3 Å². The zero-order chi connectivity index (χ0) is 19.5. The normalized spacial score (nSPS) is 14.9. The Morgan fingerprint density at radius 1 is 1.14 bits per heavy atom. The number of rotatable bonds is 4. The van der Waals surface area contributed by atoms with Crippen LogP contribution in [0.3, 0.4) is 0 Å². The number of amides is 1. The van der Waals surface area contributed by atoms with Gasteiger partial charge in [-0.3, -0.25) is 9.36 Å². The number of carbonyl (C=O) groups is 1. The van der Waals surface area contributed by atoms with Crippen molar-refractivity contribution in [3.8, 4) is 5.82 Å². The second-order valence-corrected chi connectivity index (χ2v) is 7.22. The Labute approximate surface area is 168 Å². The van der Waals surface area contributed by atoms with Gasteiger partial charge in [0.15, 0.2) is 0 Å². The summed E-state index contributed by atoms with van der Waals surface area (Å²) in [5, 5.41) is 3.58. The van der Waals surface area contributed by atoms with Gasteiger partial charge >= 0.3 is 0 Å². The highest BCUT2D eigenvalue weighted by Crippen LogP contribution is 2.30. The number of carbonyl (C=O) groups excluding carboxylic acids is 1. The van der Waals surface area contributed by atoms with Gasteiger partial charge in [0.2, 0.25) is 0 Å². The maximum atomic E-state index is 12.8. The highest BCUT2D eigenvalue weighted by molar-refractivity contribution is 6.31. The molecule has 0 atom stereocenters. The fourth-order valence-electron chi connectivity index (χ4n) is 3.19. The molecule has 0 bridgehead atoms. The average Bonchev–Trinajstić information content (AvgIpc) is 3.24. The lowest BCUT2D eigenvalue weighted by atomic mass is 10.2. The van der Waals surface area contributed by atoms with E-state index >= 15 is 0 Å². The molecule has 1 fully saturated rings. The number of anilines is 2. The quantitative estimate of drug-likeness (QED) is 0.734.